The zero-order chi connectivity index (χ0) is 3.41. The standard InChI is InChI=1S/C4H9.ClH.2Zn/c1-3-4-2;;;/h1,3-4H2,2H3;1H;;/q-1;;;. The first-order valence-electron chi connectivity index (χ1n) is 1.71. The van der Waals surface area contributed by atoms with E-state index in [2.05, 4.69) is 13.8 Å². The number of halogens is 1. The molecular weight excluding hydrogens is 214 g/mol. The largest absolute Gasteiger partial charge is 0.343 e. The van der Waals surface area contributed by atoms with Gasteiger partial charge in [-0.1, -0.05) is 13.3 Å². The number of hydrogen-bond acceptors (Lipinski definition) is 0. The van der Waals surface area contributed by atoms with Gasteiger partial charge in [0, 0.05) is 39.0 Å². The maximum Gasteiger partial charge on any atom is 0 e. The van der Waals surface area contributed by atoms with Crippen molar-refractivity contribution in [3.63, 3.8) is 0 Å². The molecule has 7 heavy (non-hydrogen) atoms. The summed E-state index contributed by atoms with van der Waals surface area (Å²) in [5.41, 5.74) is 0. The molecule has 38 valence electrons. The van der Waals surface area contributed by atoms with Gasteiger partial charge in [-0.3, -0.25) is 0 Å². The summed E-state index contributed by atoms with van der Waals surface area (Å²) in [5, 5.41) is 0. The van der Waals surface area contributed by atoms with Crippen LogP contribution in [0.4, 0.5) is 0 Å². The predicted octanol–water partition coefficient (Wildman–Crippen LogP) is 2.04. The van der Waals surface area contributed by atoms with Gasteiger partial charge in [-0.2, -0.15) is 6.42 Å². The van der Waals surface area contributed by atoms with Crippen molar-refractivity contribution >= 4 is 12.4 Å². The molecule has 0 aliphatic rings. The topological polar surface area (TPSA) is 0 Å². The summed E-state index contributed by atoms with van der Waals surface area (Å²) in [4.78, 5) is 0. The van der Waals surface area contributed by atoms with E-state index in [-0.39, 0.29) is 51.4 Å². The first kappa shape index (κ1) is 23.6. The molecule has 0 atom stereocenters. The van der Waals surface area contributed by atoms with Crippen LogP contribution in [0.2, 0.25) is 0 Å². The molecule has 0 fully saturated rings. The third kappa shape index (κ3) is 35.9. The first-order chi connectivity index (χ1) is 1.91. The third-order valence-electron chi connectivity index (χ3n) is 0.354. The molecular formula is C4H10ClZn2-. The Balaban J connectivity index is -0.0000000150. The number of rotatable bonds is 1. The second-order valence-electron chi connectivity index (χ2n) is 0.854. The molecule has 3 heteroatoms. The molecule has 0 aliphatic heterocycles. The van der Waals surface area contributed by atoms with Crippen molar-refractivity contribution in [1.82, 2.24) is 0 Å². The van der Waals surface area contributed by atoms with E-state index in [4.69, 9.17) is 0 Å². The zero-order valence-electron chi connectivity index (χ0n) is 4.94. The van der Waals surface area contributed by atoms with Gasteiger partial charge in [0.1, 0.15) is 0 Å². The van der Waals surface area contributed by atoms with Crippen LogP contribution in [0.25, 0.3) is 0 Å². The Morgan fingerprint density at radius 1 is 1.29 bits per heavy atom. The van der Waals surface area contributed by atoms with E-state index in [0.717, 1.165) is 6.42 Å². The smallest absolute Gasteiger partial charge is 0 e. The third-order valence-corrected chi connectivity index (χ3v) is 0.354. The van der Waals surface area contributed by atoms with E-state index in [1.54, 1.807) is 0 Å². The van der Waals surface area contributed by atoms with E-state index in [1.807, 2.05) is 0 Å². The molecule has 0 radical (unpaired) electrons. The summed E-state index contributed by atoms with van der Waals surface area (Å²) in [7, 11) is 0. The van der Waals surface area contributed by atoms with Gasteiger partial charge in [0.25, 0.3) is 0 Å². The fourth-order valence-electron chi connectivity index (χ4n) is 0. The van der Waals surface area contributed by atoms with Crippen LogP contribution >= 0.6 is 12.4 Å². The quantitative estimate of drug-likeness (QED) is 0.472. The van der Waals surface area contributed by atoms with Crippen molar-refractivity contribution in [3.8, 4) is 0 Å². The van der Waals surface area contributed by atoms with Crippen LogP contribution < -0.4 is 0 Å². The average molecular weight is 224 g/mol. The number of unbranched alkanes of at least 4 members (excludes halogenated alkanes) is 1. The van der Waals surface area contributed by atoms with E-state index in [0.29, 0.717) is 0 Å². The van der Waals surface area contributed by atoms with E-state index >= 15 is 0 Å². The van der Waals surface area contributed by atoms with Gasteiger partial charge in [0.05, 0.1) is 0 Å². The molecule has 0 bridgehead atoms. The second-order valence-corrected chi connectivity index (χ2v) is 0.854. The monoisotopic (exact) mass is 221 g/mol. The maximum absolute atomic E-state index is 3.60. The Morgan fingerprint density at radius 3 is 1.43 bits per heavy atom. The van der Waals surface area contributed by atoms with Crippen molar-refractivity contribution in [1.29, 1.82) is 0 Å². The molecule has 0 aromatic rings. The SMILES string of the molecule is Cl.[CH2-]CCC.[Zn].[Zn]. The molecule has 0 spiro atoms. The minimum atomic E-state index is 0. The van der Waals surface area contributed by atoms with Crippen molar-refractivity contribution in [2.45, 2.75) is 19.8 Å². The minimum absolute atomic E-state index is 0. The fraction of sp³-hybridized carbons (Fsp3) is 0.750. The van der Waals surface area contributed by atoms with Crippen molar-refractivity contribution in [3.05, 3.63) is 6.92 Å². The molecule has 0 aromatic heterocycles. The summed E-state index contributed by atoms with van der Waals surface area (Å²) in [6.07, 6.45) is 2.28. The van der Waals surface area contributed by atoms with E-state index in [9.17, 15) is 0 Å². The Hall–Kier alpha value is 1.54. The molecule has 0 heterocycles. The Kier molecular flexibility index (Phi) is 86.7. The molecule has 0 aliphatic carbocycles. The molecule has 0 nitrogen and oxygen atoms in total. The van der Waals surface area contributed by atoms with Crippen LogP contribution in [-0.2, 0) is 39.0 Å². The number of hydrogen-bond donors (Lipinski definition) is 0. The zero-order valence-corrected chi connectivity index (χ0v) is 11.7. The van der Waals surface area contributed by atoms with Gasteiger partial charge in [0.2, 0.25) is 0 Å². The van der Waals surface area contributed by atoms with Crippen LogP contribution in [-0.4, -0.2) is 0 Å². The molecule has 0 saturated carbocycles. The van der Waals surface area contributed by atoms with Crippen molar-refractivity contribution in [2.24, 2.45) is 0 Å². The Bertz CT molecular complexity index is 11.7. The molecule has 0 saturated heterocycles. The van der Waals surface area contributed by atoms with Gasteiger partial charge in [0.15, 0.2) is 0 Å². The summed E-state index contributed by atoms with van der Waals surface area (Å²) < 4.78 is 0. The Labute approximate surface area is 77.8 Å². The van der Waals surface area contributed by atoms with Crippen LogP contribution in [0.1, 0.15) is 19.8 Å². The van der Waals surface area contributed by atoms with E-state index in [1.165, 1.54) is 6.42 Å². The second kappa shape index (κ2) is 25.7. The van der Waals surface area contributed by atoms with Crippen LogP contribution in [0.15, 0.2) is 0 Å². The van der Waals surface area contributed by atoms with Gasteiger partial charge < -0.3 is 6.92 Å². The maximum atomic E-state index is 3.60. The molecule has 0 unspecified atom stereocenters. The van der Waals surface area contributed by atoms with E-state index < -0.39 is 0 Å². The summed E-state index contributed by atoms with van der Waals surface area (Å²) >= 11 is 0. The predicted molar refractivity (Wildman–Crippen MR) is 27.5 cm³/mol. The van der Waals surface area contributed by atoms with Crippen LogP contribution in [0.5, 0.6) is 0 Å². The summed E-state index contributed by atoms with van der Waals surface area (Å²) in [6.45, 7) is 5.72. The van der Waals surface area contributed by atoms with Gasteiger partial charge in [-0.05, 0) is 0 Å². The van der Waals surface area contributed by atoms with Crippen molar-refractivity contribution < 1.29 is 39.0 Å². The first-order valence-corrected chi connectivity index (χ1v) is 1.71. The molecule has 0 N–H and O–H groups in total. The normalized spacial score (nSPS) is 4.29. The summed E-state index contributed by atoms with van der Waals surface area (Å²) in [6, 6.07) is 0. The van der Waals surface area contributed by atoms with Crippen LogP contribution in [0.3, 0.4) is 0 Å². The fourth-order valence-corrected chi connectivity index (χ4v) is 0. The van der Waals surface area contributed by atoms with Crippen molar-refractivity contribution in [2.75, 3.05) is 0 Å². The Morgan fingerprint density at radius 2 is 1.43 bits per heavy atom. The van der Waals surface area contributed by atoms with Crippen LogP contribution in [0, 0.1) is 6.92 Å². The minimum Gasteiger partial charge on any atom is -0.343 e. The average Bonchev–Trinajstić information content (AvgIpc) is 1.37. The van der Waals surface area contributed by atoms with Gasteiger partial charge >= 0.3 is 0 Å². The van der Waals surface area contributed by atoms with Gasteiger partial charge in [-0.25, -0.2) is 0 Å². The summed E-state index contributed by atoms with van der Waals surface area (Å²) in [5.74, 6) is 0. The molecule has 0 amide bonds. The molecule has 0 rings (SSSR count). The molecule has 0 aromatic carbocycles. The van der Waals surface area contributed by atoms with Gasteiger partial charge in [-0.15, -0.1) is 12.4 Å².